The van der Waals surface area contributed by atoms with E-state index in [-0.39, 0.29) is 11.6 Å². The number of rotatable bonds is 3. The van der Waals surface area contributed by atoms with Crippen LogP contribution in [0.1, 0.15) is 31.8 Å². The summed E-state index contributed by atoms with van der Waals surface area (Å²) in [6.07, 6.45) is 0. The van der Waals surface area contributed by atoms with Gasteiger partial charge in [-0.1, -0.05) is 30.3 Å². The Balaban J connectivity index is 2.16. The van der Waals surface area contributed by atoms with E-state index in [1.807, 2.05) is 18.2 Å². The third-order valence-corrected chi connectivity index (χ3v) is 5.78. The van der Waals surface area contributed by atoms with Crippen LogP contribution in [0.4, 0.5) is 11.4 Å². The number of carbonyl (C=O) groups excluding carboxylic acids is 2. The van der Waals surface area contributed by atoms with Crippen molar-refractivity contribution in [3.8, 4) is 0 Å². The minimum absolute atomic E-state index is 0.0868. The number of hydrogen-bond donors (Lipinski definition) is 2. The Hall–Kier alpha value is -2.18. The molecule has 0 fully saturated rings. The maximum atomic E-state index is 12.5. The third kappa shape index (κ3) is 2.12. The van der Waals surface area contributed by atoms with Crippen LogP contribution in [0.25, 0.3) is 9.40 Å². The van der Waals surface area contributed by atoms with Gasteiger partial charge in [-0.2, -0.15) is 0 Å². The molecule has 4 N–H and O–H groups in total. The number of anilines is 2. The highest BCUT2D eigenvalue weighted by Crippen LogP contribution is 2.45. The number of ketones is 2. The molecular formula is C15H12N2O2S2. The van der Waals surface area contributed by atoms with Crippen molar-refractivity contribution >= 4 is 55.0 Å². The van der Waals surface area contributed by atoms with E-state index < -0.39 is 0 Å². The second kappa shape index (κ2) is 4.98. The Morgan fingerprint density at radius 1 is 0.952 bits per heavy atom. The lowest BCUT2D eigenvalue weighted by molar-refractivity contribution is 0.101. The first kappa shape index (κ1) is 13.8. The van der Waals surface area contributed by atoms with Gasteiger partial charge in [-0.05, 0) is 0 Å². The molecule has 0 aliphatic carbocycles. The summed E-state index contributed by atoms with van der Waals surface area (Å²) in [5.41, 5.74) is 13.4. The van der Waals surface area contributed by atoms with Gasteiger partial charge in [-0.3, -0.25) is 9.59 Å². The van der Waals surface area contributed by atoms with E-state index in [0.29, 0.717) is 32.1 Å². The Morgan fingerprint density at radius 2 is 1.52 bits per heavy atom. The van der Waals surface area contributed by atoms with Crippen molar-refractivity contribution in [3.63, 3.8) is 0 Å². The van der Waals surface area contributed by atoms with Crippen LogP contribution < -0.4 is 11.5 Å². The Bertz CT molecular complexity index is 863. The summed E-state index contributed by atoms with van der Waals surface area (Å²) >= 11 is 2.58. The highest BCUT2D eigenvalue weighted by molar-refractivity contribution is 7.40. The number of benzene rings is 1. The summed E-state index contributed by atoms with van der Waals surface area (Å²) in [6, 6.07) is 8.97. The first-order chi connectivity index (χ1) is 10.0. The summed E-state index contributed by atoms with van der Waals surface area (Å²) in [5.74, 6) is -0.207. The van der Waals surface area contributed by atoms with Crippen molar-refractivity contribution in [2.24, 2.45) is 0 Å². The maximum Gasteiger partial charge on any atom is 0.205 e. The van der Waals surface area contributed by atoms with Gasteiger partial charge in [0.2, 0.25) is 5.78 Å². The van der Waals surface area contributed by atoms with Crippen LogP contribution in [0, 0.1) is 0 Å². The van der Waals surface area contributed by atoms with Gasteiger partial charge < -0.3 is 11.5 Å². The molecule has 0 bridgehead atoms. The molecule has 0 radical (unpaired) electrons. The first-order valence-corrected chi connectivity index (χ1v) is 7.85. The summed E-state index contributed by atoms with van der Waals surface area (Å²) in [7, 11) is 0. The average molecular weight is 316 g/mol. The minimum atomic E-state index is -0.120. The fourth-order valence-electron chi connectivity index (χ4n) is 2.16. The van der Waals surface area contributed by atoms with Crippen LogP contribution in [0.15, 0.2) is 30.3 Å². The van der Waals surface area contributed by atoms with Gasteiger partial charge in [-0.15, -0.1) is 22.7 Å². The summed E-state index contributed by atoms with van der Waals surface area (Å²) < 4.78 is 0.814. The zero-order valence-corrected chi connectivity index (χ0v) is 12.8. The average Bonchev–Trinajstić information content (AvgIpc) is 2.97. The predicted molar refractivity (Wildman–Crippen MR) is 88.4 cm³/mol. The Kier molecular flexibility index (Phi) is 3.27. The van der Waals surface area contributed by atoms with Crippen LogP contribution in [-0.4, -0.2) is 11.6 Å². The monoisotopic (exact) mass is 316 g/mol. The summed E-state index contributed by atoms with van der Waals surface area (Å²) in [6.45, 7) is 1.47. The van der Waals surface area contributed by atoms with Crippen molar-refractivity contribution in [3.05, 3.63) is 45.6 Å². The van der Waals surface area contributed by atoms with Crippen LogP contribution in [-0.2, 0) is 0 Å². The van der Waals surface area contributed by atoms with Gasteiger partial charge >= 0.3 is 0 Å². The number of nitrogens with two attached hydrogens (primary N) is 2. The van der Waals surface area contributed by atoms with E-state index in [1.54, 1.807) is 12.1 Å². The fourth-order valence-corrected chi connectivity index (χ4v) is 4.62. The molecule has 4 nitrogen and oxygen atoms in total. The number of carbonyl (C=O) groups is 2. The maximum absolute atomic E-state index is 12.5. The van der Waals surface area contributed by atoms with E-state index in [9.17, 15) is 9.59 Å². The molecule has 0 saturated carbocycles. The smallest absolute Gasteiger partial charge is 0.205 e. The summed E-state index contributed by atoms with van der Waals surface area (Å²) in [5, 5.41) is 0.634. The Morgan fingerprint density at radius 3 is 2.10 bits per heavy atom. The van der Waals surface area contributed by atoms with Gasteiger partial charge in [0, 0.05) is 12.5 Å². The zero-order chi connectivity index (χ0) is 15.1. The molecule has 0 unspecified atom stereocenters. The van der Waals surface area contributed by atoms with Gasteiger partial charge in [-0.25, -0.2) is 0 Å². The number of thiophene rings is 2. The van der Waals surface area contributed by atoms with E-state index in [0.717, 1.165) is 4.01 Å². The lowest BCUT2D eigenvalue weighted by Gasteiger charge is -2.00. The van der Waals surface area contributed by atoms with Gasteiger partial charge in [0.25, 0.3) is 0 Å². The topological polar surface area (TPSA) is 86.2 Å². The second-order valence-electron chi connectivity index (χ2n) is 4.60. The molecule has 2 heterocycles. The van der Waals surface area contributed by atoms with E-state index in [2.05, 4.69) is 0 Å². The molecule has 6 heteroatoms. The van der Waals surface area contributed by atoms with Gasteiger partial charge in [0.05, 0.1) is 25.7 Å². The molecule has 3 rings (SSSR count). The molecule has 106 valence electrons. The van der Waals surface area contributed by atoms with E-state index in [1.165, 1.54) is 29.6 Å². The zero-order valence-electron chi connectivity index (χ0n) is 11.2. The van der Waals surface area contributed by atoms with Crippen molar-refractivity contribution < 1.29 is 9.59 Å². The van der Waals surface area contributed by atoms with Crippen molar-refractivity contribution in [1.82, 2.24) is 0 Å². The molecule has 0 atom stereocenters. The van der Waals surface area contributed by atoms with Crippen molar-refractivity contribution in [1.29, 1.82) is 0 Å². The third-order valence-electron chi connectivity index (χ3n) is 3.18. The first-order valence-electron chi connectivity index (χ1n) is 6.21. The van der Waals surface area contributed by atoms with Gasteiger partial charge in [0.1, 0.15) is 4.88 Å². The van der Waals surface area contributed by atoms with Crippen molar-refractivity contribution in [2.45, 2.75) is 6.92 Å². The molecule has 3 aromatic rings. The molecule has 0 saturated heterocycles. The molecule has 0 amide bonds. The van der Waals surface area contributed by atoms with Crippen LogP contribution in [0.2, 0.25) is 0 Å². The molecule has 0 spiro atoms. The predicted octanol–water partition coefficient (Wildman–Crippen LogP) is 3.56. The molecule has 0 aliphatic heterocycles. The highest BCUT2D eigenvalue weighted by atomic mass is 32.2. The van der Waals surface area contributed by atoms with Crippen LogP contribution in [0.5, 0.6) is 0 Å². The molecule has 1 aromatic carbocycles. The molecule has 21 heavy (non-hydrogen) atoms. The van der Waals surface area contributed by atoms with Crippen molar-refractivity contribution in [2.75, 3.05) is 11.5 Å². The molecular weight excluding hydrogens is 304 g/mol. The highest BCUT2D eigenvalue weighted by Gasteiger charge is 2.23. The normalized spacial score (nSPS) is 10.9. The molecule has 2 aromatic heterocycles. The lowest BCUT2D eigenvalue weighted by Crippen LogP contribution is -2.02. The largest absolute Gasteiger partial charge is 0.397 e. The quantitative estimate of drug-likeness (QED) is 0.723. The lowest BCUT2D eigenvalue weighted by atomic mass is 10.1. The molecule has 0 aliphatic rings. The van der Waals surface area contributed by atoms with Crippen LogP contribution >= 0.6 is 22.7 Å². The number of hydrogen-bond acceptors (Lipinski definition) is 6. The second-order valence-corrected chi connectivity index (χ2v) is 6.90. The van der Waals surface area contributed by atoms with Crippen LogP contribution in [0.3, 0.4) is 0 Å². The van der Waals surface area contributed by atoms with E-state index >= 15 is 0 Å². The number of Topliss-reactive ketones (excluding diaryl/α,β-unsaturated/α-hetero) is 1. The minimum Gasteiger partial charge on any atom is -0.397 e. The van der Waals surface area contributed by atoms with E-state index in [4.69, 9.17) is 11.5 Å². The number of nitrogen functional groups attached to an aromatic ring is 2. The standard InChI is InChI=1S/C15H12N2O2S2/c1-7(18)13-10(16)9-11(17)14(21-15(9)20-13)12(19)8-5-3-2-4-6-8/h2-6H,16-17H2,1H3. The number of fused-ring (bicyclic) bond motifs is 1. The summed E-state index contributed by atoms with van der Waals surface area (Å²) in [4.78, 5) is 25.0. The fraction of sp³-hybridized carbons (Fsp3) is 0.0667. The van der Waals surface area contributed by atoms with Gasteiger partial charge in [0.15, 0.2) is 5.78 Å². The Labute approximate surface area is 129 Å². The SMILES string of the molecule is CC(=O)c1sc2sc(C(=O)c3ccccc3)c(N)c2c1N.